The standard InChI is InChI=1S/C16H19NO2S/c1-3-10-17-14(9-8-12(11-20)16(17)18)13-6-4-5-7-15(13)19-2/h4-9,20H,3,10-11H2,1-2H3. The van der Waals surface area contributed by atoms with Gasteiger partial charge in [-0.1, -0.05) is 25.1 Å². The number of hydrogen-bond acceptors (Lipinski definition) is 3. The molecule has 0 atom stereocenters. The molecule has 0 fully saturated rings. The molecule has 0 N–H and O–H groups in total. The minimum Gasteiger partial charge on any atom is -0.496 e. The number of para-hydroxylation sites is 1. The highest BCUT2D eigenvalue weighted by atomic mass is 32.1. The van der Waals surface area contributed by atoms with Gasteiger partial charge >= 0.3 is 0 Å². The van der Waals surface area contributed by atoms with E-state index < -0.39 is 0 Å². The Morgan fingerprint density at radius 3 is 2.60 bits per heavy atom. The van der Waals surface area contributed by atoms with Crippen molar-refractivity contribution in [2.75, 3.05) is 7.11 Å². The first kappa shape index (κ1) is 14.7. The van der Waals surface area contributed by atoms with E-state index in [0.29, 0.717) is 12.3 Å². The molecule has 20 heavy (non-hydrogen) atoms. The Labute approximate surface area is 124 Å². The van der Waals surface area contributed by atoms with E-state index in [4.69, 9.17) is 4.74 Å². The Morgan fingerprint density at radius 1 is 1.20 bits per heavy atom. The fourth-order valence-electron chi connectivity index (χ4n) is 2.28. The van der Waals surface area contributed by atoms with Gasteiger partial charge in [0.2, 0.25) is 0 Å². The third-order valence-electron chi connectivity index (χ3n) is 3.25. The van der Waals surface area contributed by atoms with Crippen molar-refractivity contribution in [2.45, 2.75) is 25.6 Å². The van der Waals surface area contributed by atoms with Crippen LogP contribution in [0, 0.1) is 0 Å². The van der Waals surface area contributed by atoms with E-state index in [-0.39, 0.29) is 5.56 Å². The fourth-order valence-corrected chi connectivity index (χ4v) is 2.52. The Kier molecular flexibility index (Phi) is 4.90. The smallest absolute Gasteiger partial charge is 0.255 e. The van der Waals surface area contributed by atoms with Crippen LogP contribution in [0.2, 0.25) is 0 Å². The molecule has 4 heteroatoms. The number of ether oxygens (including phenoxy) is 1. The van der Waals surface area contributed by atoms with Crippen LogP contribution in [0.1, 0.15) is 18.9 Å². The molecule has 0 spiro atoms. The molecule has 2 rings (SSSR count). The molecule has 1 aromatic carbocycles. The second-order valence-electron chi connectivity index (χ2n) is 4.56. The van der Waals surface area contributed by atoms with Crippen LogP contribution in [0.4, 0.5) is 0 Å². The molecule has 2 aromatic rings. The van der Waals surface area contributed by atoms with Gasteiger partial charge in [-0.3, -0.25) is 4.79 Å². The Morgan fingerprint density at radius 2 is 1.95 bits per heavy atom. The fraction of sp³-hybridized carbons (Fsp3) is 0.312. The average Bonchev–Trinajstić information content (AvgIpc) is 2.49. The quantitative estimate of drug-likeness (QED) is 0.856. The molecule has 0 amide bonds. The monoisotopic (exact) mass is 289 g/mol. The molecule has 0 aliphatic carbocycles. The molecule has 0 unspecified atom stereocenters. The van der Waals surface area contributed by atoms with E-state index >= 15 is 0 Å². The molecular weight excluding hydrogens is 270 g/mol. The molecule has 3 nitrogen and oxygen atoms in total. The molecule has 0 aliphatic rings. The molecule has 0 bridgehead atoms. The van der Waals surface area contributed by atoms with Gasteiger partial charge in [-0.05, 0) is 24.6 Å². The van der Waals surface area contributed by atoms with Crippen LogP contribution in [-0.2, 0) is 12.3 Å². The summed E-state index contributed by atoms with van der Waals surface area (Å²) >= 11 is 4.22. The summed E-state index contributed by atoms with van der Waals surface area (Å²) < 4.78 is 7.21. The Bertz CT molecular complexity index is 649. The molecular formula is C16H19NO2S. The van der Waals surface area contributed by atoms with Crippen molar-refractivity contribution in [3.8, 4) is 17.0 Å². The first-order valence-corrected chi connectivity index (χ1v) is 7.33. The summed E-state index contributed by atoms with van der Waals surface area (Å²) in [6.07, 6.45) is 0.901. The molecule has 1 aromatic heterocycles. The van der Waals surface area contributed by atoms with Crippen molar-refractivity contribution >= 4 is 12.6 Å². The van der Waals surface area contributed by atoms with Crippen LogP contribution in [0.25, 0.3) is 11.3 Å². The van der Waals surface area contributed by atoms with Gasteiger partial charge in [0.05, 0.1) is 12.8 Å². The summed E-state index contributed by atoms with van der Waals surface area (Å²) in [6.45, 7) is 2.75. The normalized spacial score (nSPS) is 10.6. The van der Waals surface area contributed by atoms with Gasteiger partial charge in [-0.15, -0.1) is 0 Å². The van der Waals surface area contributed by atoms with E-state index in [1.54, 1.807) is 7.11 Å². The Balaban J connectivity index is 2.67. The summed E-state index contributed by atoms with van der Waals surface area (Å²) in [5.41, 5.74) is 2.58. The number of nitrogens with zero attached hydrogens (tertiary/aromatic N) is 1. The van der Waals surface area contributed by atoms with Crippen molar-refractivity contribution in [1.82, 2.24) is 4.57 Å². The maximum atomic E-state index is 12.5. The van der Waals surface area contributed by atoms with E-state index in [9.17, 15) is 4.79 Å². The van der Waals surface area contributed by atoms with Crippen molar-refractivity contribution in [2.24, 2.45) is 0 Å². The van der Waals surface area contributed by atoms with Gasteiger partial charge in [0.15, 0.2) is 0 Å². The first-order valence-electron chi connectivity index (χ1n) is 6.69. The predicted octanol–water partition coefficient (Wildman–Crippen LogP) is 3.36. The van der Waals surface area contributed by atoms with E-state index in [1.165, 1.54) is 0 Å². The lowest BCUT2D eigenvalue weighted by Crippen LogP contribution is -2.24. The summed E-state index contributed by atoms with van der Waals surface area (Å²) in [4.78, 5) is 12.5. The van der Waals surface area contributed by atoms with Crippen LogP contribution in [0.3, 0.4) is 0 Å². The summed E-state index contributed by atoms with van der Waals surface area (Å²) in [5.74, 6) is 1.23. The van der Waals surface area contributed by atoms with E-state index in [1.807, 2.05) is 41.0 Å². The maximum absolute atomic E-state index is 12.5. The van der Waals surface area contributed by atoms with Crippen molar-refractivity contribution < 1.29 is 4.74 Å². The number of thiol groups is 1. The lowest BCUT2D eigenvalue weighted by molar-refractivity contribution is 0.416. The van der Waals surface area contributed by atoms with Gasteiger partial charge < -0.3 is 9.30 Å². The number of pyridine rings is 1. The molecule has 1 heterocycles. The topological polar surface area (TPSA) is 31.2 Å². The van der Waals surface area contributed by atoms with E-state index in [0.717, 1.165) is 29.0 Å². The first-order chi connectivity index (χ1) is 9.72. The van der Waals surface area contributed by atoms with Gasteiger partial charge in [0.25, 0.3) is 5.56 Å². The molecule has 0 radical (unpaired) electrons. The third kappa shape index (κ3) is 2.75. The highest BCUT2D eigenvalue weighted by molar-refractivity contribution is 7.79. The second kappa shape index (κ2) is 6.66. The van der Waals surface area contributed by atoms with Crippen LogP contribution >= 0.6 is 12.6 Å². The third-order valence-corrected chi connectivity index (χ3v) is 3.59. The number of rotatable bonds is 5. The lowest BCUT2D eigenvalue weighted by atomic mass is 10.1. The minimum absolute atomic E-state index is 0.0326. The lowest BCUT2D eigenvalue weighted by Gasteiger charge is -2.16. The van der Waals surface area contributed by atoms with Crippen LogP contribution in [0.15, 0.2) is 41.2 Å². The maximum Gasteiger partial charge on any atom is 0.255 e. The zero-order valence-electron chi connectivity index (χ0n) is 11.8. The zero-order valence-corrected chi connectivity index (χ0v) is 12.7. The zero-order chi connectivity index (χ0) is 14.5. The largest absolute Gasteiger partial charge is 0.496 e. The van der Waals surface area contributed by atoms with Gasteiger partial charge in [0.1, 0.15) is 5.75 Å². The van der Waals surface area contributed by atoms with Crippen LogP contribution in [-0.4, -0.2) is 11.7 Å². The SMILES string of the molecule is CCCn1c(-c2ccccc2OC)ccc(CS)c1=O. The Hall–Kier alpha value is -1.68. The van der Waals surface area contributed by atoms with E-state index in [2.05, 4.69) is 19.6 Å². The van der Waals surface area contributed by atoms with Gasteiger partial charge in [0, 0.05) is 23.4 Å². The molecule has 0 aliphatic heterocycles. The minimum atomic E-state index is 0.0326. The summed E-state index contributed by atoms with van der Waals surface area (Å²) in [6, 6.07) is 11.6. The molecule has 106 valence electrons. The molecule has 0 saturated carbocycles. The van der Waals surface area contributed by atoms with Crippen LogP contribution < -0.4 is 10.3 Å². The van der Waals surface area contributed by atoms with Crippen molar-refractivity contribution in [3.05, 3.63) is 52.3 Å². The van der Waals surface area contributed by atoms with Crippen molar-refractivity contribution in [1.29, 1.82) is 0 Å². The number of hydrogen-bond donors (Lipinski definition) is 1. The number of benzene rings is 1. The summed E-state index contributed by atoms with van der Waals surface area (Å²) in [7, 11) is 1.64. The average molecular weight is 289 g/mol. The molecule has 0 saturated heterocycles. The van der Waals surface area contributed by atoms with Crippen molar-refractivity contribution in [3.63, 3.8) is 0 Å². The summed E-state index contributed by atoms with van der Waals surface area (Å²) in [5, 5.41) is 0. The predicted molar refractivity (Wildman–Crippen MR) is 85.7 cm³/mol. The van der Waals surface area contributed by atoms with Crippen LogP contribution in [0.5, 0.6) is 5.75 Å². The number of methoxy groups -OCH3 is 1. The van der Waals surface area contributed by atoms with Gasteiger partial charge in [-0.2, -0.15) is 12.6 Å². The highest BCUT2D eigenvalue weighted by Gasteiger charge is 2.12. The highest BCUT2D eigenvalue weighted by Crippen LogP contribution is 2.29. The second-order valence-corrected chi connectivity index (χ2v) is 4.88. The number of aromatic nitrogens is 1. The van der Waals surface area contributed by atoms with Gasteiger partial charge in [-0.25, -0.2) is 0 Å².